The number of aromatic nitrogens is 3. The van der Waals surface area contributed by atoms with Crippen molar-refractivity contribution in [1.82, 2.24) is 14.8 Å². The molecule has 3 aromatic rings. The minimum absolute atomic E-state index is 0.0119. The van der Waals surface area contributed by atoms with Crippen molar-refractivity contribution in [3.63, 3.8) is 0 Å². The molecule has 0 radical (unpaired) electrons. The predicted molar refractivity (Wildman–Crippen MR) is 122 cm³/mol. The van der Waals surface area contributed by atoms with E-state index in [1.807, 2.05) is 23.0 Å². The zero-order chi connectivity index (χ0) is 22.3. The maximum atomic E-state index is 11.1. The molecule has 2 aromatic heterocycles. The van der Waals surface area contributed by atoms with Gasteiger partial charge in [-0.2, -0.15) is 5.10 Å². The van der Waals surface area contributed by atoms with Gasteiger partial charge in [-0.15, -0.1) is 0 Å². The van der Waals surface area contributed by atoms with Crippen LogP contribution in [-0.4, -0.2) is 52.9 Å². The summed E-state index contributed by atoms with van der Waals surface area (Å²) in [5, 5.41) is 16.8. The number of rotatable bonds is 5. The lowest BCUT2D eigenvalue weighted by Crippen LogP contribution is -2.49. The molecule has 1 fully saturated rings. The average molecular weight is 438 g/mol. The van der Waals surface area contributed by atoms with Crippen molar-refractivity contribution in [3.8, 4) is 17.3 Å². The second kappa shape index (κ2) is 8.05. The maximum Gasteiger partial charge on any atom is 0.215 e. The Bertz CT molecular complexity index is 1130. The number of pyridine rings is 1. The fourth-order valence-electron chi connectivity index (χ4n) is 5.93. The molecule has 3 heterocycles. The van der Waals surface area contributed by atoms with Crippen LogP contribution in [0.3, 0.4) is 0 Å². The Morgan fingerprint density at radius 2 is 2.12 bits per heavy atom. The Labute approximate surface area is 188 Å². The number of aliphatic hydroxyl groups is 1. The van der Waals surface area contributed by atoms with E-state index in [-0.39, 0.29) is 5.41 Å². The molecule has 0 amide bonds. The van der Waals surface area contributed by atoms with E-state index in [9.17, 15) is 5.11 Å². The van der Waals surface area contributed by atoms with E-state index in [0.717, 1.165) is 54.4 Å². The molecule has 1 aliphatic heterocycles. The summed E-state index contributed by atoms with van der Waals surface area (Å²) in [4.78, 5) is 4.20. The molecule has 3 atom stereocenters. The second-order valence-electron chi connectivity index (χ2n) is 9.23. The molecule has 0 spiro atoms. The molecular weight excluding hydrogens is 406 g/mol. The van der Waals surface area contributed by atoms with Gasteiger partial charge in [0.15, 0.2) is 0 Å². The molecule has 32 heavy (non-hydrogen) atoms. The molecule has 0 bridgehead atoms. The van der Waals surface area contributed by atoms with Crippen molar-refractivity contribution in [1.29, 1.82) is 0 Å². The third-order valence-corrected chi connectivity index (χ3v) is 7.59. The van der Waals surface area contributed by atoms with Crippen LogP contribution >= 0.6 is 0 Å². The van der Waals surface area contributed by atoms with Crippen LogP contribution < -0.4 is 9.47 Å². The molecule has 0 saturated heterocycles. The number of hydrogen-bond donors (Lipinski definition) is 1. The Balaban J connectivity index is 1.60. The Morgan fingerprint density at radius 3 is 2.91 bits per heavy atom. The minimum atomic E-state index is -0.752. The van der Waals surface area contributed by atoms with E-state index in [1.54, 1.807) is 20.4 Å². The van der Waals surface area contributed by atoms with E-state index in [1.165, 1.54) is 5.56 Å². The van der Waals surface area contributed by atoms with E-state index in [2.05, 4.69) is 29.1 Å². The van der Waals surface area contributed by atoms with Crippen molar-refractivity contribution < 1.29 is 19.3 Å². The first-order valence-corrected chi connectivity index (χ1v) is 11.4. The van der Waals surface area contributed by atoms with Crippen LogP contribution in [0.2, 0.25) is 0 Å². The van der Waals surface area contributed by atoms with Gasteiger partial charge in [-0.25, -0.2) is 9.67 Å². The van der Waals surface area contributed by atoms with Gasteiger partial charge >= 0.3 is 0 Å². The highest BCUT2D eigenvalue weighted by atomic mass is 16.5. The Morgan fingerprint density at radius 1 is 1.25 bits per heavy atom. The van der Waals surface area contributed by atoms with Gasteiger partial charge in [-0.05, 0) is 50.2 Å². The van der Waals surface area contributed by atoms with Crippen LogP contribution in [0.5, 0.6) is 11.6 Å². The maximum absolute atomic E-state index is 11.1. The molecule has 1 aromatic carbocycles. The molecule has 7 nitrogen and oxygen atoms in total. The SMILES string of the molecule is CC[C@@]12CC[C@](O)(COC)C[C@@H]1CCOc1cc3c(cnn3-c3ccnc(OC)c3)cc12. The number of methoxy groups -OCH3 is 2. The van der Waals surface area contributed by atoms with Crippen LogP contribution in [0.25, 0.3) is 16.6 Å². The van der Waals surface area contributed by atoms with Gasteiger partial charge < -0.3 is 19.3 Å². The van der Waals surface area contributed by atoms with Crippen molar-refractivity contribution >= 4 is 10.9 Å². The first-order chi connectivity index (χ1) is 15.5. The Hall–Kier alpha value is -2.64. The number of hydrogen-bond acceptors (Lipinski definition) is 6. The molecular formula is C25H31N3O4. The zero-order valence-corrected chi connectivity index (χ0v) is 19.0. The lowest BCUT2D eigenvalue weighted by atomic mass is 9.57. The third-order valence-electron chi connectivity index (χ3n) is 7.59. The van der Waals surface area contributed by atoms with Gasteiger partial charge in [0.1, 0.15) is 5.75 Å². The van der Waals surface area contributed by atoms with Gasteiger partial charge in [0.05, 0.1) is 43.3 Å². The van der Waals surface area contributed by atoms with Crippen LogP contribution in [0.4, 0.5) is 0 Å². The summed E-state index contributed by atoms with van der Waals surface area (Å²) in [6.07, 6.45) is 7.98. The van der Waals surface area contributed by atoms with Gasteiger partial charge in [-0.3, -0.25) is 0 Å². The van der Waals surface area contributed by atoms with Gasteiger partial charge in [0.25, 0.3) is 0 Å². The lowest BCUT2D eigenvalue weighted by Gasteiger charge is -2.49. The van der Waals surface area contributed by atoms with Gasteiger partial charge in [-0.1, -0.05) is 6.92 Å². The molecule has 170 valence electrons. The summed E-state index contributed by atoms with van der Waals surface area (Å²) < 4.78 is 18.9. The normalized spacial score (nSPS) is 27.3. The number of benzene rings is 1. The molecule has 1 saturated carbocycles. The highest BCUT2D eigenvalue weighted by molar-refractivity contribution is 5.83. The van der Waals surface area contributed by atoms with Gasteiger partial charge in [0, 0.05) is 41.8 Å². The molecule has 7 heteroatoms. The fourth-order valence-corrected chi connectivity index (χ4v) is 5.93. The van der Waals surface area contributed by atoms with Crippen molar-refractivity contribution in [2.24, 2.45) is 5.92 Å². The molecule has 5 rings (SSSR count). The zero-order valence-electron chi connectivity index (χ0n) is 19.0. The lowest BCUT2D eigenvalue weighted by molar-refractivity contribution is -0.0903. The van der Waals surface area contributed by atoms with E-state index in [0.29, 0.717) is 25.0 Å². The Kier molecular flexibility index (Phi) is 5.34. The number of fused-ring (bicyclic) bond motifs is 4. The summed E-state index contributed by atoms with van der Waals surface area (Å²) in [7, 11) is 3.28. The largest absolute Gasteiger partial charge is 0.493 e. The van der Waals surface area contributed by atoms with Crippen molar-refractivity contribution in [2.75, 3.05) is 27.4 Å². The number of ether oxygens (including phenoxy) is 3. The minimum Gasteiger partial charge on any atom is -0.493 e. The third kappa shape index (κ3) is 3.35. The summed E-state index contributed by atoms with van der Waals surface area (Å²) in [5.41, 5.74) is 2.38. The summed E-state index contributed by atoms with van der Waals surface area (Å²) in [6, 6.07) is 8.18. The fraction of sp³-hybridized carbons (Fsp3) is 0.520. The molecule has 0 unspecified atom stereocenters. The van der Waals surface area contributed by atoms with Gasteiger partial charge in [0.2, 0.25) is 5.88 Å². The topological polar surface area (TPSA) is 78.6 Å². The first kappa shape index (κ1) is 21.2. The molecule has 2 aliphatic rings. The summed E-state index contributed by atoms with van der Waals surface area (Å²) in [5.74, 6) is 1.83. The van der Waals surface area contributed by atoms with Crippen LogP contribution in [0.15, 0.2) is 36.7 Å². The van der Waals surface area contributed by atoms with Crippen molar-refractivity contribution in [2.45, 2.75) is 50.0 Å². The van der Waals surface area contributed by atoms with Crippen LogP contribution in [-0.2, 0) is 10.2 Å². The second-order valence-corrected chi connectivity index (χ2v) is 9.23. The van der Waals surface area contributed by atoms with Crippen molar-refractivity contribution in [3.05, 3.63) is 42.2 Å². The summed E-state index contributed by atoms with van der Waals surface area (Å²) >= 11 is 0. The quantitative estimate of drug-likeness (QED) is 0.649. The highest BCUT2D eigenvalue weighted by Crippen LogP contribution is 2.54. The smallest absolute Gasteiger partial charge is 0.215 e. The summed E-state index contributed by atoms with van der Waals surface area (Å²) in [6.45, 7) is 3.29. The van der Waals surface area contributed by atoms with E-state index >= 15 is 0 Å². The van der Waals surface area contributed by atoms with Crippen LogP contribution in [0.1, 0.15) is 44.6 Å². The number of nitrogens with zero attached hydrogens (tertiary/aromatic N) is 3. The van der Waals surface area contributed by atoms with E-state index in [4.69, 9.17) is 14.2 Å². The van der Waals surface area contributed by atoms with E-state index < -0.39 is 5.60 Å². The monoisotopic (exact) mass is 437 g/mol. The standard InChI is InChI=1S/C25H31N3O4/c1-4-25-8-7-24(29,16-30-2)14-18(25)6-10-32-22-13-21-17(11-20(22)25)15-27-28(21)19-5-9-26-23(12-19)31-3/h5,9,11-13,15,18,29H,4,6-8,10,14,16H2,1-3H3/t18-,24+,25+/m0/s1. The highest BCUT2D eigenvalue weighted by Gasteiger charge is 2.50. The van der Waals surface area contributed by atoms with Crippen LogP contribution in [0, 0.1) is 5.92 Å². The molecule has 1 aliphatic carbocycles. The molecule has 1 N–H and O–H groups in total. The average Bonchev–Trinajstić information content (AvgIpc) is 3.15. The predicted octanol–water partition coefficient (Wildman–Crippen LogP) is 4.04. The first-order valence-electron chi connectivity index (χ1n) is 11.4.